The average Bonchev–Trinajstić information content (AvgIpc) is 3.40. The Kier molecular flexibility index (Phi) is 11.0. The molecule has 11 nitrogen and oxygen atoms in total. The summed E-state index contributed by atoms with van der Waals surface area (Å²) in [5, 5.41) is 21.4. The third-order valence-corrected chi connectivity index (χ3v) is 7.24. The second-order valence-electron chi connectivity index (χ2n) is 10.5. The summed E-state index contributed by atoms with van der Waals surface area (Å²) in [6, 6.07) is 14.9. The molecular formula is C30H30F6N4O7. The molecule has 0 spiro atoms. The number of alkyl halides is 6. The number of carboxylic acid groups (broad SMARTS) is 2. The molecule has 1 aromatic heterocycles. The quantitative estimate of drug-likeness (QED) is 0.242. The minimum atomic E-state index is -5.08. The maximum Gasteiger partial charge on any atom is 0.573 e. The molecular weight excluding hydrogens is 642 g/mol. The highest BCUT2D eigenvalue weighted by atomic mass is 19.4. The van der Waals surface area contributed by atoms with Gasteiger partial charge in [0, 0.05) is 38.3 Å². The van der Waals surface area contributed by atoms with Crippen LogP contribution in [0.1, 0.15) is 28.5 Å². The molecule has 2 aliphatic rings. The predicted octanol–water partition coefficient (Wildman–Crippen LogP) is 5.13. The third kappa shape index (κ3) is 9.62. The first-order valence-corrected chi connectivity index (χ1v) is 14.2. The van der Waals surface area contributed by atoms with Crippen LogP contribution in [0.4, 0.5) is 31.1 Å². The van der Waals surface area contributed by atoms with Crippen molar-refractivity contribution in [1.29, 1.82) is 0 Å². The van der Waals surface area contributed by atoms with Crippen LogP contribution >= 0.6 is 0 Å². The monoisotopic (exact) mass is 672 g/mol. The van der Waals surface area contributed by atoms with Crippen LogP contribution in [0.25, 0.3) is 22.4 Å². The molecule has 1 atom stereocenters. The molecule has 0 unspecified atom stereocenters. The Balaban J connectivity index is 0.000000644. The molecule has 3 heterocycles. The lowest BCUT2D eigenvalue weighted by Gasteiger charge is -2.29. The zero-order valence-electron chi connectivity index (χ0n) is 24.5. The Morgan fingerprint density at radius 2 is 1.64 bits per heavy atom. The van der Waals surface area contributed by atoms with Gasteiger partial charge in [0.05, 0.1) is 24.9 Å². The number of carbonyl (C=O) groups excluding carboxylic acids is 1. The van der Waals surface area contributed by atoms with Gasteiger partial charge >= 0.3 is 24.6 Å². The normalized spacial score (nSPS) is 16.7. The maximum atomic E-state index is 13.0. The Hall–Kier alpha value is -4.77. The number of carboxylic acids is 1. The first-order chi connectivity index (χ1) is 22.1. The minimum Gasteiger partial charge on any atom is -0.475 e. The van der Waals surface area contributed by atoms with Crippen molar-refractivity contribution >= 4 is 18.0 Å². The number of halogens is 6. The molecule has 2 aliphatic heterocycles. The van der Waals surface area contributed by atoms with Crippen LogP contribution in [0.5, 0.6) is 5.75 Å². The first-order valence-electron chi connectivity index (χ1n) is 14.2. The summed E-state index contributed by atoms with van der Waals surface area (Å²) in [5.41, 5.74) is 3.89. The van der Waals surface area contributed by atoms with E-state index in [9.17, 15) is 35.9 Å². The van der Waals surface area contributed by atoms with Crippen molar-refractivity contribution in [3.63, 3.8) is 0 Å². The van der Waals surface area contributed by atoms with Gasteiger partial charge in [-0.15, -0.1) is 13.2 Å². The second kappa shape index (κ2) is 14.8. The molecule has 0 saturated carbocycles. The van der Waals surface area contributed by atoms with Gasteiger partial charge in [0.1, 0.15) is 11.4 Å². The van der Waals surface area contributed by atoms with E-state index in [1.165, 1.54) is 18.2 Å². The number of benzene rings is 2. The van der Waals surface area contributed by atoms with E-state index in [4.69, 9.17) is 19.7 Å². The summed E-state index contributed by atoms with van der Waals surface area (Å²) in [4.78, 5) is 35.2. The molecule has 4 N–H and O–H groups in total. The van der Waals surface area contributed by atoms with Crippen LogP contribution in [0.2, 0.25) is 0 Å². The minimum absolute atomic E-state index is 0.162. The van der Waals surface area contributed by atoms with E-state index in [-0.39, 0.29) is 30.8 Å². The number of fused-ring (bicyclic) bond motifs is 1. The zero-order valence-corrected chi connectivity index (χ0v) is 24.5. The molecule has 17 heteroatoms. The van der Waals surface area contributed by atoms with Gasteiger partial charge in [-0.05, 0) is 41.3 Å². The molecule has 254 valence electrons. The highest BCUT2D eigenvalue weighted by molar-refractivity contribution is 5.98. The van der Waals surface area contributed by atoms with E-state index in [2.05, 4.69) is 20.3 Å². The van der Waals surface area contributed by atoms with Gasteiger partial charge in [0.15, 0.2) is 0 Å². The number of hydrogen-bond donors (Lipinski definition) is 4. The van der Waals surface area contributed by atoms with E-state index >= 15 is 0 Å². The highest BCUT2D eigenvalue weighted by Gasteiger charge is 2.38. The molecule has 0 bridgehead atoms. The Bertz CT molecular complexity index is 1570. The predicted molar refractivity (Wildman–Crippen MR) is 154 cm³/mol. The maximum absolute atomic E-state index is 13.0. The highest BCUT2D eigenvalue weighted by Crippen LogP contribution is 2.40. The van der Waals surface area contributed by atoms with Gasteiger partial charge < -0.3 is 34.9 Å². The summed E-state index contributed by atoms with van der Waals surface area (Å²) in [5.74, 6) is -3.44. The van der Waals surface area contributed by atoms with Crippen LogP contribution in [0, 0.1) is 0 Å². The molecule has 5 rings (SSSR count). The first kappa shape index (κ1) is 35.1. The number of aromatic nitrogens is 1. The van der Waals surface area contributed by atoms with E-state index in [1.807, 2.05) is 28.8 Å². The van der Waals surface area contributed by atoms with Gasteiger partial charge in [0.25, 0.3) is 5.91 Å². The number of morpholine rings is 1. The van der Waals surface area contributed by atoms with Crippen molar-refractivity contribution in [2.45, 2.75) is 31.5 Å². The summed E-state index contributed by atoms with van der Waals surface area (Å²) in [6.45, 7) is 4.26. The number of ether oxygens (including phenoxy) is 2. The number of rotatable bonds is 8. The summed E-state index contributed by atoms with van der Waals surface area (Å²) < 4.78 is 82.0. The number of aliphatic carboxylic acids is 1. The van der Waals surface area contributed by atoms with Crippen molar-refractivity contribution in [2.24, 2.45) is 0 Å². The topological polar surface area (TPSA) is 142 Å². The molecule has 1 saturated heterocycles. The fourth-order valence-corrected chi connectivity index (χ4v) is 5.21. The molecule has 47 heavy (non-hydrogen) atoms. The van der Waals surface area contributed by atoms with Crippen LogP contribution in [-0.2, 0) is 16.1 Å². The second-order valence-corrected chi connectivity index (χ2v) is 10.5. The van der Waals surface area contributed by atoms with Gasteiger partial charge in [-0.3, -0.25) is 9.69 Å². The van der Waals surface area contributed by atoms with Crippen LogP contribution in [-0.4, -0.2) is 89.6 Å². The zero-order chi connectivity index (χ0) is 34.4. The lowest BCUT2D eigenvalue weighted by atomic mass is 9.99. The fourth-order valence-electron chi connectivity index (χ4n) is 5.21. The number of nitrogens with one attached hydrogen (secondary N) is 2. The standard InChI is InChI=1S/C28H29F3N4O5.C2HF3O2/c29-28(30,31)40-22-3-1-2-20(14-22)23-15-24-26(36)33-16-21(8-9-32-27(37)38)35(24)25(23)19-6-4-18(5-7-19)17-34-10-12-39-13-11-34;3-2(4,5)1(6)7/h1-7,14-15,21,32H,8-13,16-17H2,(H,33,36)(H,37,38);(H,6,7)/t21-;/m0./s1. The van der Waals surface area contributed by atoms with E-state index < -0.39 is 24.6 Å². The SMILES string of the molecule is O=C(O)C(F)(F)F.O=C(O)NCC[C@H]1CNC(=O)c2cc(-c3cccc(OC(F)(F)F)c3)c(-c3ccc(CN4CCOCC4)cc3)n21. The molecule has 1 fully saturated rings. The van der Waals surface area contributed by atoms with Crippen molar-refractivity contribution in [3.05, 3.63) is 65.9 Å². The Labute approximate surface area is 263 Å². The third-order valence-electron chi connectivity index (χ3n) is 7.24. The van der Waals surface area contributed by atoms with Crippen molar-refractivity contribution < 1.29 is 60.4 Å². The van der Waals surface area contributed by atoms with Gasteiger partial charge in [0.2, 0.25) is 0 Å². The smallest absolute Gasteiger partial charge is 0.475 e. The van der Waals surface area contributed by atoms with Crippen molar-refractivity contribution in [2.75, 3.05) is 39.4 Å². The Morgan fingerprint density at radius 1 is 0.979 bits per heavy atom. The van der Waals surface area contributed by atoms with E-state index in [0.29, 0.717) is 42.1 Å². The molecule has 0 aliphatic carbocycles. The lowest BCUT2D eigenvalue weighted by Crippen LogP contribution is -2.40. The van der Waals surface area contributed by atoms with Crippen LogP contribution < -0.4 is 15.4 Å². The fraction of sp³-hybridized carbons (Fsp3) is 0.367. The van der Waals surface area contributed by atoms with E-state index in [1.54, 1.807) is 12.1 Å². The largest absolute Gasteiger partial charge is 0.573 e. The molecule has 2 amide bonds. The summed E-state index contributed by atoms with van der Waals surface area (Å²) >= 11 is 0. The molecule has 2 aromatic carbocycles. The van der Waals surface area contributed by atoms with E-state index in [0.717, 1.165) is 30.8 Å². The lowest BCUT2D eigenvalue weighted by molar-refractivity contribution is -0.274. The van der Waals surface area contributed by atoms with Gasteiger partial charge in [-0.1, -0.05) is 36.4 Å². The van der Waals surface area contributed by atoms with Gasteiger partial charge in [-0.2, -0.15) is 13.2 Å². The average molecular weight is 673 g/mol. The van der Waals surface area contributed by atoms with Gasteiger partial charge in [-0.25, -0.2) is 9.59 Å². The number of carbonyl (C=O) groups is 3. The van der Waals surface area contributed by atoms with Crippen LogP contribution in [0.15, 0.2) is 54.6 Å². The summed E-state index contributed by atoms with van der Waals surface area (Å²) in [6.07, 6.45) is -10.7. The summed E-state index contributed by atoms with van der Waals surface area (Å²) in [7, 11) is 0. The number of nitrogens with zero attached hydrogens (tertiary/aromatic N) is 2. The Morgan fingerprint density at radius 3 is 2.23 bits per heavy atom. The number of amides is 2. The molecule has 0 radical (unpaired) electrons. The number of hydrogen-bond acceptors (Lipinski definition) is 6. The van der Waals surface area contributed by atoms with Crippen molar-refractivity contribution in [1.82, 2.24) is 20.1 Å². The van der Waals surface area contributed by atoms with Crippen LogP contribution in [0.3, 0.4) is 0 Å². The van der Waals surface area contributed by atoms with Crippen molar-refractivity contribution in [3.8, 4) is 28.1 Å². The molecule has 3 aromatic rings.